The topological polar surface area (TPSA) is 70.4 Å². The van der Waals surface area contributed by atoms with Crippen molar-refractivity contribution in [3.8, 4) is 6.07 Å². The van der Waals surface area contributed by atoms with Gasteiger partial charge in [-0.1, -0.05) is 12.1 Å². The number of Topliss-reactive ketones (excluding diaryl/α,β-unsaturated/α-hetero) is 1. The lowest BCUT2D eigenvalue weighted by molar-refractivity contribution is -0.114. The number of nitrogens with zero attached hydrogens (tertiary/aromatic N) is 2. The molecule has 124 valence electrons. The number of ketones is 1. The predicted octanol–water partition coefficient (Wildman–Crippen LogP) is 2.36. The van der Waals surface area contributed by atoms with E-state index in [9.17, 15) is 14.9 Å². The highest BCUT2D eigenvalue weighted by Gasteiger charge is 2.35. The summed E-state index contributed by atoms with van der Waals surface area (Å²) < 4.78 is 5.57. The fourth-order valence-corrected chi connectivity index (χ4v) is 3.42. The Balaban J connectivity index is 2.05. The number of methoxy groups -OCH3 is 1. The third kappa shape index (κ3) is 2.74. The molecule has 5 heteroatoms. The molecule has 0 spiro atoms. The number of fused-ring (bicyclic) bond motifs is 1. The molecule has 1 aliphatic carbocycles. The van der Waals surface area contributed by atoms with Crippen LogP contribution in [0.1, 0.15) is 41.3 Å². The molecule has 2 aliphatic rings. The first-order chi connectivity index (χ1) is 11.5. The van der Waals surface area contributed by atoms with E-state index in [0.717, 1.165) is 30.3 Å². The maximum absolute atomic E-state index is 12.4. The van der Waals surface area contributed by atoms with E-state index in [1.54, 1.807) is 19.2 Å². The van der Waals surface area contributed by atoms with Crippen molar-refractivity contribution in [1.82, 2.24) is 4.90 Å². The molecule has 1 aromatic carbocycles. The summed E-state index contributed by atoms with van der Waals surface area (Å²) in [5.74, 6) is -0.154. The number of likely N-dealkylation sites (tertiary alicyclic amines) is 1. The zero-order chi connectivity index (χ0) is 17.3. The van der Waals surface area contributed by atoms with Crippen LogP contribution in [-0.2, 0) is 16.0 Å². The predicted molar refractivity (Wildman–Crippen MR) is 89.3 cm³/mol. The van der Waals surface area contributed by atoms with Gasteiger partial charge in [-0.3, -0.25) is 9.59 Å². The zero-order valence-electron chi connectivity index (χ0n) is 14.0. The zero-order valence-corrected chi connectivity index (χ0v) is 14.0. The number of hydrogen-bond acceptors (Lipinski definition) is 5. The molecule has 1 saturated heterocycles. The van der Waals surface area contributed by atoms with Crippen molar-refractivity contribution in [3.63, 3.8) is 0 Å². The number of rotatable bonds is 3. The summed E-state index contributed by atoms with van der Waals surface area (Å²) in [4.78, 5) is 25.6. The molecule has 1 aromatic rings. The molecule has 0 amide bonds. The molecular weight excluding hydrogens is 304 g/mol. The summed E-state index contributed by atoms with van der Waals surface area (Å²) in [7, 11) is 1.71. The fraction of sp³-hybridized carbons (Fsp3) is 0.421. The van der Waals surface area contributed by atoms with E-state index >= 15 is 0 Å². The molecule has 1 aliphatic heterocycles. The van der Waals surface area contributed by atoms with Crippen LogP contribution in [0, 0.1) is 11.3 Å². The number of hydrogen-bond donors (Lipinski definition) is 0. The van der Waals surface area contributed by atoms with Gasteiger partial charge in [0.25, 0.3) is 0 Å². The van der Waals surface area contributed by atoms with Gasteiger partial charge in [-0.05, 0) is 31.4 Å². The van der Waals surface area contributed by atoms with Gasteiger partial charge < -0.3 is 9.64 Å². The molecule has 1 heterocycles. The first-order valence-electron chi connectivity index (χ1n) is 8.07. The fourth-order valence-electron chi connectivity index (χ4n) is 3.42. The number of benzene rings is 1. The Morgan fingerprint density at radius 2 is 2.04 bits per heavy atom. The largest absolute Gasteiger partial charge is 0.378 e. The highest BCUT2D eigenvalue weighted by Crippen LogP contribution is 2.36. The Morgan fingerprint density at radius 3 is 2.62 bits per heavy atom. The van der Waals surface area contributed by atoms with Crippen molar-refractivity contribution in [2.75, 3.05) is 20.2 Å². The van der Waals surface area contributed by atoms with Gasteiger partial charge in [0.2, 0.25) is 0 Å². The van der Waals surface area contributed by atoms with Crippen LogP contribution in [0.3, 0.4) is 0 Å². The van der Waals surface area contributed by atoms with Crippen LogP contribution in [0.15, 0.2) is 23.8 Å². The van der Waals surface area contributed by atoms with Crippen LogP contribution in [-0.4, -0.2) is 42.8 Å². The van der Waals surface area contributed by atoms with Gasteiger partial charge in [-0.25, -0.2) is 0 Å². The van der Waals surface area contributed by atoms with Gasteiger partial charge in [0.05, 0.1) is 11.3 Å². The molecule has 0 atom stereocenters. The summed E-state index contributed by atoms with van der Waals surface area (Å²) in [5.41, 5.74) is 2.96. The van der Waals surface area contributed by atoms with Crippen LogP contribution >= 0.6 is 0 Å². The molecule has 0 bridgehead atoms. The number of allylic oxidation sites excluding steroid dienone is 1. The van der Waals surface area contributed by atoms with Crippen LogP contribution in [0.5, 0.6) is 0 Å². The van der Waals surface area contributed by atoms with Crippen molar-refractivity contribution in [3.05, 3.63) is 40.5 Å². The highest BCUT2D eigenvalue weighted by molar-refractivity contribution is 6.10. The van der Waals surface area contributed by atoms with Gasteiger partial charge in [-0.2, -0.15) is 5.26 Å². The summed E-state index contributed by atoms with van der Waals surface area (Å²) >= 11 is 0. The van der Waals surface area contributed by atoms with E-state index in [4.69, 9.17) is 4.74 Å². The lowest BCUT2D eigenvalue weighted by Crippen LogP contribution is -2.43. The standard InChI is InChI=1S/C19H20N2O3/c1-19(24-2)5-7-21(8-6-19)18-15-9-13(12-22)3-4-14(15)10-17(23)16(18)11-20/h3-4,9,12H,5-8,10H2,1-2H3. The summed E-state index contributed by atoms with van der Waals surface area (Å²) in [6, 6.07) is 7.39. The third-order valence-corrected chi connectivity index (χ3v) is 5.13. The average molecular weight is 324 g/mol. The molecular formula is C19H20N2O3. The van der Waals surface area contributed by atoms with E-state index in [1.165, 1.54) is 0 Å². The lowest BCUT2D eigenvalue weighted by atomic mass is 9.85. The maximum atomic E-state index is 12.4. The lowest BCUT2D eigenvalue weighted by Gasteiger charge is -2.41. The summed E-state index contributed by atoms with van der Waals surface area (Å²) in [6.07, 6.45) is 2.65. The molecule has 0 unspecified atom stereocenters. The van der Waals surface area contributed by atoms with E-state index in [-0.39, 0.29) is 23.4 Å². The summed E-state index contributed by atoms with van der Waals surface area (Å²) in [6.45, 7) is 3.50. The van der Waals surface area contributed by atoms with Crippen molar-refractivity contribution in [2.24, 2.45) is 0 Å². The number of carbonyl (C=O) groups excluding carboxylic acids is 2. The minimum Gasteiger partial charge on any atom is -0.378 e. The Bertz CT molecular complexity index is 765. The van der Waals surface area contributed by atoms with Crippen molar-refractivity contribution in [1.29, 1.82) is 5.26 Å². The van der Waals surface area contributed by atoms with Crippen LogP contribution in [0.2, 0.25) is 0 Å². The minimum atomic E-state index is -0.171. The van der Waals surface area contributed by atoms with Crippen molar-refractivity contribution in [2.45, 2.75) is 31.8 Å². The molecule has 0 aromatic heterocycles. The van der Waals surface area contributed by atoms with Crippen LogP contribution < -0.4 is 0 Å². The Morgan fingerprint density at radius 1 is 1.33 bits per heavy atom. The molecule has 0 radical (unpaired) electrons. The van der Waals surface area contributed by atoms with Gasteiger partial charge in [0.1, 0.15) is 17.9 Å². The van der Waals surface area contributed by atoms with E-state index < -0.39 is 0 Å². The third-order valence-electron chi connectivity index (χ3n) is 5.13. The Hall–Kier alpha value is -2.45. The van der Waals surface area contributed by atoms with Crippen molar-refractivity contribution < 1.29 is 14.3 Å². The SMILES string of the molecule is COC1(C)CCN(C2=C(C#N)C(=O)Cc3ccc(C=O)cc32)CC1. The quantitative estimate of drug-likeness (QED) is 0.798. The number of aldehydes is 1. The minimum absolute atomic E-state index is 0.154. The normalized spacial score (nSPS) is 19.7. The molecule has 0 N–H and O–H groups in total. The van der Waals surface area contributed by atoms with Crippen LogP contribution in [0.25, 0.3) is 5.70 Å². The van der Waals surface area contributed by atoms with E-state index in [0.29, 0.717) is 24.4 Å². The van der Waals surface area contributed by atoms with Crippen molar-refractivity contribution >= 4 is 17.8 Å². The number of nitriles is 1. The molecule has 24 heavy (non-hydrogen) atoms. The summed E-state index contributed by atoms with van der Waals surface area (Å²) in [5, 5.41) is 9.51. The maximum Gasteiger partial charge on any atom is 0.179 e. The number of carbonyl (C=O) groups is 2. The number of ether oxygens (including phenoxy) is 1. The van der Waals surface area contributed by atoms with Gasteiger partial charge in [-0.15, -0.1) is 0 Å². The van der Waals surface area contributed by atoms with Gasteiger partial charge in [0, 0.05) is 37.7 Å². The number of piperidine rings is 1. The highest BCUT2D eigenvalue weighted by atomic mass is 16.5. The average Bonchev–Trinajstić information content (AvgIpc) is 2.61. The second kappa shape index (κ2) is 6.21. The van der Waals surface area contributed by atoms with E-state index in [2.05, 4.69) is 17.9 Å². The monoisotopic (exact) mass is 324 g/mol. The molecule has 3 rings (SSSR count). The first-order valence-corrected chi connectivity index (χ1v) is 8.07. The van der Waals surface area contributed by atoms with Crippen LogP contribution in [0.4, 0.5) is 0 Å². The van der Waals surface area contributed by atoms with E-state index in [1.807, 2.05) is 6.07 Å². The molecule has 1 fully saturated rings. The van der Waals surface area contributed by atoms with Gasteiger partial charge >= 0.3 is 0 Å². The Kier molecular flexibility index (Phi) is 4.25. The van der Waals surface area contributed by atoms with Gasteiger partial charge in [0.15, 0.2) is 5.78 Å². The second-order valence-corrected chi connectivity index (χ2v) is 6.61. The molecule has 0 saturated carbocycles. The second-order valence-electron chi connectivity index (χ2n) is 6.61. The molecule has 5 nitrogen and oxygen atoms in total. The first kappa shape index (κ1) is 16.4. The Labute approximate surface area is 141 Å². The smallest absolute Gasteiger partial charge is 0.179 e.